The van der Waals surface area contributed by atoms with Crippen molar-refractivity contribution in [2.24, 2.45) is 0 Å². The Morgan fingerprint density at radius 2 is 1.82 bits per heavy atom. The van der Waals surface area contributed by atoms with Crippen LogP contribution in [0.4, 0.5) is 0 Å². The van der Waals surface area contributed by atoms with E-state index in [1.807, 2.05) is 69.3 Å². The maximum atomic E-state index is 12.7. The van der Waals surface area contributed by atoms with Gasteiger partial charge in [-0.3, -0.25) is 4.98 Å². The number of rotatable bonds is 5. The first-order valence-corrected chi connectivity index (χ1v) is 11.6. The minimum Gasteiger partial charge on any atom is -0.374 e. The van der Waals surface area contributed by atoms with Gasteiger partial charge in [0.2, 0.25) is 0 Å². The summed E-state index contributed by atoms with van der Waals surface area (Å²) in [6.07, 6.45) is 3.99. The van der Waals surface area contributed by atoms with Gasteiger partial charge >= 0.3 is 0 Å². The molecule has 0 amide bonds. The highest BCUT2D eigenvalue weighted by Gasteiger charge is 2.40. The van der Waals surface area contributed by atoms with Crippen molar-refractivity contribution < 1.29 is 9.63 Å². The highest BCUT2D eigenvalue weighted by atomic mass is 16.5. The minimum absolute atomic E-state index is 0.448. The Labute approximate surface area is 197 Å². The molecule has 1 saturated carbocycles. The van der Waals surface area contributed by atoms with Crippen molar-refractivity contribution in [3.63, 3.8) is 0 Å². The second kappa shape index (κ2) is 7.64. The number of pyridine rings is 1. The van der Waals surface area contributed by atoms with E-state index in [1.54, 1.807) is 6.20 Å². The van der Waals surface area contributed by atoms with Gasteiger partial charge in [-0.2, -0.15) is 0 Å². The summed E-state index contributed by atoms with van der Waals surface area (Å²) in [5.74, 6) is 2.16. The van der Waals surface area contributed by atoms with Crippen molar-refractivity contribution in [3.05, 3.63) is 100 Å². The van der Waals surface area contributed by atoms with Crippen LogP contribution in [-0.4, -0.2) is 25.2 Å². The molecular weight excluding hydrogens is 424 g/mol. The van der Waals surface area contributed by atoms with Gasteiger partial charge in [-0.25, -0.2) is 4.98 Å². The van der Waals surface area contributed by atoms with Crippen LogP contribution in [0.1, 0.15) is 58.4 Å². The number of imidazole rings is 1. The monoisotopic (exact) mass is 450 g/mol. The Morgan fingerprint density at radius 3 is 2.50 bits per heavy atom. The number of aromatic nitrogens is 4. The molecule has 0 aliphatic heterocycles. The Bertz CT molecular complexity index is 1500. The zero-order chi connectivity index (χ0) is 23.4. The van der Waals surface area contributed by atoms with Crippen molar-refractivity contribution in [1.82, 2.24) is 20.1 Å². The van der Waals surface area contributed by atoms with Gasteiger partial charge in [-0.05, 0) is 68.5 Å². The summed E-state index contributed by atoms with van der Waals surface area (Å²) in [7, 11) is 0. The molecule has 1 atom stereocenters. The van der Waals surface area contributed by atoms with Gasteiger partial charge in [-0.1, -0.05) is 41.6 Å². The number of nitrogens with zero attached hydrogens (tertiary/aromatic N) is 3. The predicted octanol–water partition coefficient (Wildman–Crippen LogP) is 5.70. The van der Waals surface area contributed by atoms with Crippen LogP contribution in [0, 0.1) is 20.8 Å². The fraction of sp³-hybridized carbons (Fsp3) is 0.250. The highest BCUT2D eigenvalue weighted by Crippen LogP contribution is 2.45. The lowest BCUT2D eigenvalue weighted by molar-refractivity contribution is 0.121. The van der Waals surface area contributed by atoms with E-state index in [1.165, 1.54) is 0 Å². The smallest absolute Gasteiger partial charge is 0.159 e. The topological polar surface area (TPSA) is 87.8 Å². The molecule has 1 aliphatic rings. The summed E-state index contributed by atoms with van der Waals surface area (Å²) in [5, 5.41) is 16.8. The first-order valence-electron chi connectivity index (χ1n) is 11.6. The average Bonchev–Trinajstić information content (AvgIpc) is 3.53. The van der Waals surface area contributed by atoms with Crippen LogP contribution in [0.15, 0.2) is 65.3 Å². The van der Waals surface area contributed by atoms with Crippen LogP contribution in [0.5, 0.6) is 0 Å². The number of hydrogen-bond acceptors (Lipinski definition) is 5. The van der Waals surface area contributed by atoms with Gasteiger partial charge in [0.05, 0.1) is 22.4 Å². The molecule has 170 valence electrons. The summed E-state index contributed by atoms with van der Waals surface area (Å²) in [5.41, 5.74) is 5.73. The average molecular weight is 451 g/mol. The molecule has 3 heterocycles. The molecule has 34 heavy (non-hydrogen) atoms. The largest absolute Gasteiger partial charge is 0.374 e. The lowest BCUT2D eigenvalue weighted by Gasteiger charge is -2.31. The summed E-state index contributed by atoms with van der Waals surface area (Å²) >= 11 is 0. The van der Waals surface area contributed by atoms with E-state index in [2.05, 4.69) is 21.2 Å². The molecule has 6 rings (SSSR count). The number of aromatic amines is 1. The van der Waals surface area contributed by atoms with E-state index in [0.29, 0.717) is 17.2 Å². The predicted molar refractivity (Wildman–Crippen MR) is 131 cm³/mol. The summed E-state index contributed by atoms with van der Waals surface area (Å²) in [6.45, 7) is 5.82. The third-order valence-corrected chi connectivity index (χ3v) is 6.82. The van der Waals surface area contributed by atoms with Crippen LogP contribution < -0.4 is 0 Å². The van der Waals surface area contributed by atoms with Gasteiger partial charge in [-0.15, -0.1) is 0 Å². The molecule has 1 unspecified atom stereocenters. The molecule has 6 heteroatoms. The molecule has 5 aromatic rings. The molecule has 0 bridgehead atoms. The number of H-pyrrole nitrogens is 1. The second-order valence-corrected chi connectivity index (χ2v) is 9.26. The van der Waals surface area contributed by atoms with Gasteiger partial charge in [0, 0.05) is 23.2 Å². The maximum absolute atomic E-state index is 12.7. The van der Waals surface area contributed by atoms with Crippen molar-refractivity contribution >= 4 is 11.0 Å². The van der Waals surface area contributed by atoms with E-state index in [-0.39, 0.29) is 0 Å². The molecule has 0 spiro atoms. The highest BCUT2D eigenvalue weighted by molar-refractivity contribution is 5.88. The van der Waals surface area contributed by atoms with Crippen molar-refractivity contribution in [2.45, 2.75) is 45.1 Å². The van der Waals surface area contributed by atoms with Crippen LogP contribution in [0.25, 0.3) is 22.2 Å². The van der Waals surface area contributed by atoms with Crippen LogP contribution >= 0.6 is 0 Å². The Hall–Kier alpha value is -3.77. The fourth-order valence-electron chi connectivity index (χ4n) is 4.97. The number of aryl methyl sites for hydroxylation is 3. The Kier molecular flexibility index (Phi) is 4.67. The first-order chi connectivity index (χ1) is 16.5. The van der Waals surface area contributed by atoms with Gasteiger partial charge < -0.3 is 14.6 Å². The molecule has 1 aliphatic carbocycles. The molecule has 1 fully saturated rings. The van der Waals surface area contributed by atoms with E-state index >= 15 is 0 Å². The minimum atomic E-state index is -1.50. The van der Waals surface area contributed by atoms with Crippen LogP contribution in [0.3, 0.4) is 0 Å². The summed E-state index contributed by atoms with van der Waals surface area (Å²) in [4.78, 5) is 13.2. The zero-order valence-corrected chi connectivity index (χ0v) is 19.5. The third kappa shape index (κ3) is 3.17. The zero-order valence-electron chi connectivity index (χ0n) is 19.5. The van der Waals surface area contributed by atoms with Crippen molar-refractivity contribution in [1.29, 1.82) is 0 Å². The number of benzene rings is 2. The van der Waals surface area contributed by atoms with E-state index in [0.717, 1.165) is 63.4 Å². The SMILES string of the molecule is Cc1cccnc1C(O)(c1ccccc1)c1cc(-c2c(C)noc2C)cc2[nH]c(C3CC3)nc12. The molecule has 0 radical (unpaired) electrons. The van der Waals surface area contributed by atoms with Crippen LogP contribution in [0.2, 0.25) is 0 Å². The van der Waals surface area contributed by atoms with Crippen LogP contribution in [-0.2, 0) is 5.60 Å². The summed E-state index contributed by atoms with van der Waals surface area (Å²) < 4.78 is 5.48. The van der Waals surface area contributed by atoms with Gasteiger partial charge in [0.15, 0.2) is 5.60 Å². The molecule has 2 aromatic carbocycles. The van der Waals surface area contributed by atoms with E-state index in [9.17, 15) is 5.11 Å². The van der Waals surface area contributed by atoms with Crippen molar-refractivity contribution in [2.75, 3.05) is 0 Å². The Morgan fingerprint density at radius 1 is 1.03 bits per heavy atom. The number of nitrogens with one attached hydrogen (secondary N) is 1. The fourth-order valence-corrected chi connectivity index (χ4v) is 4.97. The molecule has 6 nitrogen and oxygen atoms in total. The molecular formula is C28H26N4O2. The van der Waals surface area contributed by atoms with Crippen molar-refractivity contribution in [3.8, 4) is 11.1 Å². The number of fused-ring (bicyclic) bond motifs is 1. The van der Waals surface area contributed by atoms with Gasteiger partial charge in [0.25, 0.3) is 0 Å². The molecule has 3 aromatic heterocycles. The maximum Gasteiger partial charge on any atom is 0.159 e. The number of aliphatic hydroxyl groups is 1. The second-order valence-electron chi connectivity index (χ2n) is 9.26. The summed E-state index contributed by atoms with van der Waals surface area (Å²) in [6, 6.07) is 17.7. The normalized spacial score (nSPS) is 15.5. The van der Waals surface area contributed by atoms with Gasteiger partial charge in [0.1, 0.15) is 11.6 Å². The first kappa shape index (κ1) is 20.8. The lowest BCUT2D eigenvalue weighted by atomic mass is 9.80. The lowest BCUT2D eigenvalue weighted by Crippen LogP contribution is -2.31. The molecule has 2 N–H and O–H groups in total. The van der Waals surface area contributed by atoms with E-state index < -0.39 is 5.60 Å². The van der Waals surface area contributed by atoms with E-state index in [4.69, 9.17) is 9.51 Å². The third-order valence-electron chi connectivity index (χ3n) is 6.82. The Balaban J connectivity index is 1.72. The quantitative estimate of drug-likeness (QED) is 0.359. The standard InChI is InChI=1S/C28H26N4O2/c1-16-8-7-13-29-26(16)28(33,21-9-5-4-6-10-21)22-14-20(24-17(2)32-34-18(24)3)15-23-25(22)31-27(30-23)19-11-12-19/h4-10,13-15,19,33H,11-12H2,1-3H3,(H,30,31). The number of hydrogen-bond donors (Lipinski definition) is 2. The molecule has 0 saturated heterocycles.